The second-order valence-electron chi connectivity index (χ2n) is 12.3. The Hall–Kier alpha value is -3.79. The van der Waals surface area contributed by atoms with E-state index < -0.39 is 35.3 Å². The molecule has 3 aromatic rings. The van der Waals surface area contributed by atoms with Crippen molar-refractivity contribution < 1.29 is 38.1 Å². The molecule has 2 unspecified atom stereocenters. The molecule has 2 amide bonds. The highest BCUT2D eigenvalue weighted by atomic mass is 16.6. The van der Waals surface area contributed by atoms with Crippen LogP contribution in [0.2, 0.25) is 0 Å². The highest BCUT2D eigenvalue weighted by Crippen LogP contribution is 2.37. The summed E-state index contributed by atoms with van der Waals surface area (Å²) in [5.74, 6) is -1.67. The van der Waals surface area contributed by atoms with Gasteiger partial charge < -0.3 is 23.7 Å². The number of ketones is 1. The summed E-state index contributed by atoms with van der Waals surface area (Å²) in [5.41, 5.74) is 2.64. The molecule has 4 rings (SSSR count). The normalized spacial score (nSPS) is 16.6. The highest BCUT2D eigenvalue weighted by Gasteiger charge is 2.54. The molecule has 2 heterocycles. The van der Waals surface area contributed by atoms with Crippen LogP contribution in [0.5, 0.6) is 0 Å². The molecule has 0 spiro atoms. The molecule has 1 N–H and O–H groups in total. The summed E-state index contributed by atoms with van der Waals surface area (Å²) in [5, 5.41) is 8.83. The van der Waals surface area contributed by atoms with Gasteiger partial charge in [0.05, 0.1) is 32.5 Å². The summed E-state index contributed by atoms with van der Waals surface area (Å²) in [6, 6.07) is 18.4. The van der Waals surface area contributed by atoms with E-state index in [9.17, 15) is 14.4 Å². The first kappa shape index (κ1) is 34.1. The number of carbonyl (C=O) groups is 3. The molecule has 9 nitrogen and oxygen atoms in total. The molecule has 0 saturated carbocycles. The van der Waals surface area contributed by atoms with Crippen molar-refractivity contribution in [3.05, 3.63) is 83.3 Å². The third kappa shape index (κ3) is 8.48. The zero-order chi connectivity index (χ0) is 32.6. The Labute approximate surface area is 265 Å². The lowest BCUT2D eigenvalue weighted by molar-refractivity contribution is -0.133. The maximum atomic E-state index is 14.3. The van der Waals surface area contributed by atoms with Gasteiger partial charge in [-0.05, 0) is 56.7 Å². The molecule has 45 heavy (non-hydrogen) atoms. The van der Waals surface area contributed by atoms with Crippen molar-refractivity contribution in [3.8, 4) is 11.1 Å². The van der Waals surface area contributed by atoms with Crippen LogP contribution in [0.15, 0.2) is 65.1 Å². The van der Waals surface area contributed by atoms with Crippen LogP contribution in [0.3, 0.4) is 0 Å². The largest absolute Gasteiger partial charge is 0.457 e. The van der Waals surface area contributed by atoms with Crippen molar-refractivity contribution in [2.24, 2.45) is 11.8 Å². The zero-order valence-corrected chi connectivity index (χ0v) is 26.9. The predicted octanol–water partition coefficient (Wildman–Crippen LogP) is 6.04. The molecule has 0 radical (unpaired) electrons. The van der Waals surface area contributed by atoms with Crippen molar-refractivity contribution in [3.63, 3.8) is 0 Å². The minimum atomic E-state index is -1.19. The van der Waals surface area contributed by atoms with E-state index >= 15 is 0 Å². The summed E-state index contributed by atoms with van der Waals surface area (Å²) >= 11 is 0. The number of rotatable bonds is 16. The van der Waals surface area contributed by atoms with Crippen LogP contribution in [-0.4, -0.2) is 72.5 Å². The minimum absolute atomic E-state index is 0.0303. The Balaban J connectivity index is 1.64. The second-order valence-corrected chi connectivity index (χ2v) is 12.3. The van der Waals surface area contributed by atoms with E-state index in [1.165, 1.54) is 0 Å². The summed E-state index contributed by atoms with van der Waals surface area (Å²) < 4.78 is 22.8. The monoisotopic (exact) mass is 619 g/mol. The number of ether oxygens (including phenoxy) is 3. The maximum Gasteiger partial charge on any atom is 0.417 e. The van der Waals surface area contributed by atoms with Crippen molar-refractivity contribution in [1.82, 2.24) is 4.90 Å². The number of aliphatic hydroxyl groups excluding tert-OH is 1. The summed E-state index contributed by atoms with van der Waals surface area (Å²) in [6.07, 6.45) is 0.511. The number of aliphatic hydroxyl groups is 1. The lowest BCUT2D eigenvalue weighted by atomic mass is 9.86. The molecule has 2 aromatic carbocycles. The van der Waals surface area contributed by atoms with E-state index in [1.807, 2.05) is 75.4 Å². The fourth-order valence-electron chi connectivity index (χ4n) is 6.08. The Morgan fingerprint density at radius 1 is 0.978 bits per heavy atom. The number of imide groups is 1. The van der Waals surface area contributed by atoms with Gasteiger partial charge in [0.2, 0.25) is 11.7 Å². The Bertz CT molecular complexity index is 1440. The molecule has 1 aromatic heterocycles. The average molecular weight is 620 g/mol. The number of furan rings is 1. The van der Waals surface area contributed by atoms with Gasteiger partial charge in [0.25, 0.3) is 0 Å². The Morgan fingerprint density at radius 2 is 1.69 bits per heavy atom. The van der Waals surface area contributed by atoms with E-state index in [2.05, 4.69) is 0 Å². The molecule has 242 valence electrons. The van der Waals surface area contributed by atoms with Gasteiger partial charge in [-0.1, -0.05) is 74.0 Å². The zero-order valence-electron chi connectivity index (χ0n) is 26.9. The molecule has 0 aliphatic carbocycles. The summed E-state index contributed by atoms with van der Waals surface area (Å²) in [4.78, 5) is 42.8. The molecule has 1 saturated heterocycles. The van der Waals surface area contributed by atoms with Crippen molar-refractivity contribution in [2.45, 2.75) is 65.5 Å². The van der Waals surface area contributed by atoms with E-state index in [0.717, 1.165) is 27.2 Å². The van der Waals surface area contributed by atoms with Crippen molar-refractivity contribution in [1.29, 1.82) is 0 Å². The van der Waals surface area contributed by atoms with Gasteiger partial charge in [-0.2, -0.15) is 0 Å². The van der Waals surface area contributed by atoms with Gasteiger partial charge in [0.1, 0.15) is 17.3 Å². The molecule has 0 bridgehead atoms. The average Bonchev–Trinajstić information content (AvgIpc) is 3.54. The topological polar surface area (TPSA) is 116 Å². The van der Waals surface area contributed by atoms with Crippen LogP contribution in [0.1, 0.15) is 61.6 Å². The summed E-state index contributed by atoms with van der Waals surface area (Å²) in [6.45, 7) is 10.9. The van der Waals surface area contributed by atoms with Gasteiger partial charge in [-0.3, -0.25) is 9.59 Å². The quantitative estimate of drug-likeness (QED) is 0.117. The van der Waals surface area contributed by atoms with Crippen LogP contribution in [-0.2, 0) is 31.8 Å². The number of hydrogen-bond donors (Lipinski definition) is 1. The minimum Gasteiger partial charge on any atom is -0.457 e. The van der Waals surface area contributed by atoms with Gasteiger partial charge in [-0.25, -0.2) is 9.69 Å². The third-order valence-electron chi connectivity index (χ3n) is 7.98. The fraction of sp³-hybridized carbons (Fsp3) is 0.472. The van der Waals surface area contributed by atoms with Crippen LogP contribution in [0.4, 0.5) is 4.79 Å². The smallest absolute Gasteiger partial charge is 0.417 e. The first-order valence-electron chi connectivity index (χ1n) is 15.6. The van der Waals surface area contributed by atoms with Gasteiger partial charge >= 0.3 is 6.09 Å². The standard InChI is InChI=1S/C36H45NO8/c1-24(2)33-36(4,5)45-35(41)37(33)34(40)29(22-26-12-7-6-8-13-26)32(39)31-23-28(27-14-9-11-25(3)21-27)30(44-31)15-10-17-42-19-20-43-18-16-38/h6-9,11-14,21,23-24,29,33,38H,10,15-20,22H2,1-5H3. The Morgan fingerprint density at radius 3 is 2.36 bits per heavy atom. The summed E-state index contributed by atoms with van der Waals surface area (Å²) in [7, 11) is 0. The van der Waals surface area contributed by atoms with Crippen molar-refractivity contribution >= 4 is 17.8 Å². The van der Waals surface area contributed by atoms with Gasteiger partial charge in [-0.15, -0.1) is 0 Å². The number of Topliss-reactive ketones (excluding diaryl/α,β-unsaturated/α-hetero) is 1. The van der Waals surface area contributed by atoms with E-state index in [-0.39, 0.29) is 31.3 Å². The number of nitrogens with zero attached hydrogens (tertiary/aromatic N) is 1. The third-order valence-corrected chi connectivity index (χ3v) is 7.98. The Kier molecular flexibility index (Phi) is 11.7. The van der Waals surface area contributed by atoms with E-state index in [1.54, 1.807) is 19.9 Å². The molecular weight excluding hydrogens is 574 g/mol. The molecule has 1 fully saturated rings. The maximum absolute atomic E-state index is 14.3. The number of benzene rings is 2. The highest BCUT2D eigenvalue weighted by molar-refractivity contribution is 6.12. The van der Waals surface area contributed by atoms with Gasteiger partial charge in [0, 0.05) is 18.6 Å². The van der Waals surface area contributed by atoms with E-state index in [0.29, 0.717) is 38.4 Å². The lowest BCUT2D eigenvalue weighted by Gasteiger charge is -2.32. The molecule has 9 heteroatoms. The molecule has 2 atom stereocenters. The fourth-order valence-corrected chi connectivity index (χ4v) is 6.08. The number of carbonyl (C=O) groups excluding carboxylic acids is 3. The lowest BCUT2D eigenvalue weighted by Crippen LogP contribution is -2.51. The van der Waals surface area contributed by atoms with Crippen LogP contribution < -0.4 is 0 Å². The number of cyclic esters (lactones) is 1. The van der Waals surface area contributed by atoms with Crippen LogP contribution in [0.25, 0.3) is 11.1 Å². The number of hydrogen-bond acceptors (Lipinski definition) is 8. The SMILES string of the molecule is Cc1cccc(-c2cc(C(=O)C(Cc3ccccc3)C(=O)N3C(=O)OC(C)(C)C3C(C)C)oc2CCCOCCOCCO)c1. The molecular formula is C36H45NO8. The number of amides is 2. The van der Waals surface area contributed by atoms with E-state index in [4.69, 9.17) is 23.7 Å². The first-order chi connectivity index (χ1) is 21.5. The van der Waals surface area contributed by atoms with Gasteiger partial charge in [0.15, 0.2) is 5.76 Å². The number of aryl methyl sites for hydroxylation is 2. The first-order valence-corrected chi connectivity index (χ1v) is 15.6. The predicted molar refractivity (Wildman–Crippen MR) is 170 cm³/mol. The molecule has 1 aliphatic heterocycles. The van der Waals surface area contributed by atoms with Crippen LogP contribution >= 0.6 is 0 Å². The van der Waals surface area contributed by atoms with Crippen LogP contribution in [0, 0.1) is 18.8 Å². The molecule has 1 aliphatic rings. The van der Waals surface area contributed by atoms with Crippen molar-refractivity contribution in [2.75, 3.05) is 33.0 Å². The second kappa shape index (κ2) is 15.5.